The molecule has 2 aromatic carbocycles. The van der Waals surface area contributed by atoms with E-state index in [1.165, 1.54) is 23.1 Å². The second kappa shape index (κ2) is 8.86. The van der Waals surface area contributed by atoms with Crippen molar-refractivity contribution < 1.29 is 4.79 Å². The van der Waals surface area contributed by atoms with Gasteiger partial charge in [0.25, 0.3) is 0 Å². The van der Waals surface area contributed by atoms with Crippen molar-refractivity contribution in [2.24, 2.45) is 0 Å². The van der Waals surface area contributed by atoms with Gasteiger partial charge in [0.2, 0.25) is 5.91 Å². The summed E-state index contributed by atoms with van der Waals surface area (Å²) in [4.78, 5) is 21.3. The Kier molecular flexibility index (Phi) is 5.84. The minimum atomic E-state index is -0.103. The van der Waals surface area contributed by atoms with Gasteiger partial charge < -0.3 is 5.32 Å². The van der Waals surface area contributed by atoms with Crippen LogP contribution >= 0.6 is 23.1 Å². The lowest BCUT2D eigenvalue weighted by Gasteiger charge is -2.07. The molecule has 0 saturated carbocycles. The van der Waals surface area contributed by atoms with Crippen molar-refractivity contribution in [3.05, 3.63) is 72.3 Å². The third-order valence-electron chi connectivity index (χ3n) is 4.16. The number of benzene rings is 2. The molecule has 1 N–H and O–H groups in total. The number of para-hydroxylation sites is 1. The fourth-order valence-electron chi connectivity index (χ4n) is 2.75. The summed E-state index contributed by atoms with van der Waals surface area (Å²) in [6.07, 6.45) is 0.308. The van der Waals surface area contributed by atoms with E-state index in [9.17, 15) is 10.1 Å². The molecule has 4 rings (SSSR count). The summed E-state index contributed by atoms with van der Waals surface area (Å²) < 4.78 is 1.04. The number of pyridine rings is 1. The normalized spacial score (nSPS) is 10.6. The van der Waals surface area contributed by atoms with Crippen molar-refractivity contribution in [2.45, 2.75) is 11.4 Å². The van der Waals surface area contributed by atoms with Crippen LogP contribution in [0.4, 0.5) is 5.13 Å². The smallest absolute Gasteiger partial charge is 0.226 e. The standard InChI is InChI=1S/C22H16N4OS2/c23-14-16-10-11-17(15-6-2-1-3-7-15)24-21(16)28-13-12-20(27)26-22-25-18-8-4-5-9-19(18)29-22/h1-11H,12-13H2,(H,25,26,27). The Hall–Kier alpha value is -3.21. The molecular weight excluding hydrogens is 400 g/mol. The molecule has 29 heavy (non-hydrogen) atoms. The van der Waals surface area contributed by atoms with E-state index in [0.29, 0.717) is 27.9 Å². The highest BCUT2D eigenvalue weighted by atomic mass is 32.2. The van der Waals surface area contributed by atoms with Crippen LogP contribution in [0.25, 0.3) is 21.5 Å². The molecule has 0 aliphatic heterocycles. The number of hydrogen-bond acceptors (Lipinski definition) is 6. The Labute approximate surface area is 176 Å². The molecule has 0 bridgehead atoms. The zero-order valence-corrected chi connectivity index (χ0v) is 17.0. The Morgan fingerprint density at radius 2 is 1.83 bits per heavy atom. The first-order chi connectivity index (χ1) is 14.2. The summed E-state index contributed by atoms with van der Waals surface area (Å²) in [5.74, 6) is 0.422. The molecule has 1 amide bonds. The highest BCUT2D eigenvalue weighted by Crippen LogP contribution is 2.27. The maximum Gasteiger partial charge on any atom is 0.226 e. The van der Waals surface area contributed by atoms with Gasteiger partial charge in [-0.05, 0) is 24.3 Å². The molecule has 5 nitrogen and oxygen atoms in total. The van der Waals surface area contributed by atoms with Crippen LogP contribution in [-0.4, -0.2) is 21.6 Å². The summed E-state index contributed by atoms with van der Waals surface area (Å²) in [5, 5.41) is 13.5. The lowest BCUT2D eigenvalue weighted by molar-refractivity contribution is -0.115. The van der Waals surface area contributed by atoms with Crippen molar-refractivity contribution in [2.75, 3.05) is 11.1 Å². The topological polar surface area (TPSA) is 78.7 Å². The quantitative estimate of drug-likeness (QED) is 0.429. The van der Waals surface area contributed by atoms with Crippen molar-refractivity contribution in [3.8, 4) is 17.3 Å². The number of fused-ring (bicyclic) bond motifs is 1. The van der Waals surface area contributed by atoms with E-state index in [-0.39, 0.29) is 5.91 Å². The number of nitrogens with one attached hydrogen (secondary N) is 1. The van der Waals surface area contributed by atoms with Gasteiger partial charge >= 0.3 is 0 Å². The molecule has 4 aromatic rings. The Balaban J connectivity index is 1.39. The molecule has 0 radical (unpaired) electrons. The monoisotopic (exact) mass is 416 g/mol. The van der Waals surface area contributed by atoms with Gasteiger partial charge in [0.1, 0.15) is 11.1 Å². The first-order valence-corrected chi connectivity index (χ1v) is 10.8. The first kappa shape index (κ1) is 19.1. The Bertz CT molecular complexity index is 1170. The van der Waals surface area contributed by atoms with Gasteiger partial charge in [0, 0.05) is 17.7 Å². The second-order valence-corrected chi connectivity index (χ2v) is 8.27. The van der Waals surface area contributed by atoms with Crippen LogP contribution < -0.4 is 5.32 Å². The molecule has 0 fully saturated rings. The second-order valence-electron chi connectivity index (χ2n) is 6.16. The molecule has 0 saturated heterocycles. The van der Waals surface area contributed by atoms with E-state index in [1.54, 1.807) is 6.07 Å². The molecule has 0 spiro atoms. The van der Waals surface area contributed by atoms with Gasteiger partial charge in [-0.1, -0.05) is 53.8 Å². The number of nitriles is 1. The number of nitrogens with zero attached hydrogens (tertiary/aromatic N) is 3. The van der Waals surface area contributed by atoms with E-state index in [0.717, 1.165) is 21.5 Å². The molecule has 0 unspecified atom stereocenters. The molecule has 0 atom stereocenters. The number of aromatic nitrogens is 2. The maximum atomic E-state index is 12.3. The minimum absolute atomic E-state index is 0.103. The number of carbonyl (C=O) groups is 1. The fraction of sp³-hybridized carbons (Fsp3) is 0.0909. The summed E-state index contributed by atoms with van der Waals surface area (Å²) >= 11 is 2.87. The average molecular weight is 417 g/mol. The van der Waals surface area contributed by atoms with Gasteiger partial charge in [-0.3, -0.25) is 4.79 Å². The Morgan fingerprint density at radius 3 is 2.62 bits per heavy atom. The molecule has 142 valence electrons. The molecule has 7 heteroatoms. The van der Waals surface area contributed by atoms with Crippen LogP contribution in [0, 0.1) is 11.3 Å². The zero-order valence-electron chi connectivity index (χ0n) is 15.3. The SMILES string of the molecule is N#Cc1ccc(-c2ccccc2)nc1SCCC(=O)Nc1nc2ccccc2s1. The number of thioether (sulfide) groups is 1. The predicted octanol–water partition coefficient (Wildman–Crippen LogP) is 5.35. The van der Waals surface area contributed by atoms with Crippen LogP contribution in [0.5, 0.6) is 0 Å². The molecule has 0 aliphatic rings. The van der Waals surface area contributed by atoms with E-state index in [2.05, 4.69) is 21.4 Å². The number of rotatable bonds is 6. The van der Waals surface area contributed by atoms with Gasteiger partial charge in [0.05, 0.1) is 21.5 Å². The number of carbonyl (C=O) groups excluding carboxylic acids is 1. The van der Waals surface area contributed by atoms with Crippen molar-refractivity contribution in [1.29, 1.82) is 5.26 Å². The van der Waals surface area contributed by atoms with E-state index in [4.69, 9.17) is 0 Å². The van der Waals surface area contributed by atoms with Crippen LogP contribution in [0.15, 0.2) is 71.8 Å². The number of hydrogen-bond donors (Lipinski definition) is 1. The van der Waals surface area contributed by atoms with Gasteiger partial charge in [-0.15, -0.1) is 11.8 Å². The summed E-state index contributed by atoms with van der Waals surface area (Å²) in [7, 11) is 0. The van der Waals surface area contributed by atoms with Gasteiger partial charge in [0.15, 0.2) is 5.13 Å². The molecule has 0 aliphatic carbocycles. The minimum Gasteiger partial charge on any atom is -0.302 e. The molecule has 2 heterocycles. The van der Waals surface area contributed by atoms with Crippen LogP contribution in [0.2, 0.25) is 0 Å². The zero-order chi connectivity index (χ0) is 20.1. The largest absolute Gasteiger partial charge is 0.302 e. The lowest BCUT2D eigenvalue weighted by Crippen LogP contribution is -2.12. The van der Waals surface area contributed by atoms with E-state index >= 15 is 0 Å². The van der Waals surface area contributed by atoms with Crippen LogP contribution in [0.1, 0.15) is 12.0 Å². The lowest BCUT2D eigenvalue weighted by atomic mass is 10.1. The number of anilines is 1. The van der Waals surface area contributed by atoms with Gasteiger partial charge in [-0.25, -0.2) is 9.97 Å². The highest BCUT2D eigenvalue weighted by Gasteiger charge is 2.11. The van der Waals surface area contributed by atoms with Crippen molar-refractivity contribution in [1.82, 2.24) is 9.97 Å². The van der Waals surface area contributed by atoms with Gasteiger partial charge in [-0.2, -0.15) is 5.26 Å². The van der Waals surface area contributed by atoms with E-state index < -0.39 is 0 Å². The molecule has 2 aromatic heterocycles. The molecular formula is C22H16N4OS2. The van der Waals surface area contributed by atoms with Crippen LogP contribution in [-0.2, 0) is 4.79 Å². The fourth-order valence-corrected chi connectivity index (χ4v) is 4.55. The van der Waals surface area contributed by atoms with E-state index in [1.807, 2.05) is 60.7 Å². The summed E-state index contributed by atoms with van der Waals surface area (Å²) in [6.45, 7) is 0. The van der Waals surface area contributed by atoms with Crippen LogP contribution in [0.3, 0.4) is 0 Å². The highest BCUT2D eigenvalue weighted by molar-refractivity contribution is 7.99. The average Bonchev–Trinajstić information content (AvgIpc) is 3.16. The third kappa shape index (κ3) is 4.62. The summed E-state index contributed by atoms with van der Waals surface area (Å²) in [6, 6.07) is 23.4. The maximum absolute atomic E-state index is 12.3. The third-order valence-corrected chi connectivity index (χ3v) is 6.10. The van der Waals surface area contributed by atoms with Crippen molar-refractivity contribution >= 4 is 44.4 Å². The number of thiazole rings is 1. The first-order valence-electron chi connectivity index (χ1n) is 8.98. The summed E-state index contributed by atoms with van der Waals surface area (Å²) in [5.41, 5.74) is 3.20. The number of amides is 1. The Morgan fingerprint density at radius 1 is 1.03 bits per heavy atom. The predicted molar refractivity (Wildman–Crippen MR) is 118 cm³/mol. The van der Waals surface area contributed by atoms with Crippen molar-refractivity contribution in [3.63, 3.8) is 0 Å².